The maximum absolute atomic E-state index is 12.9. The Morgan fingerprint density at radius 2 is 1.81 bits per heavy atom. The number of anilines is 1. The highest BCUT2D eigenvalue weighted by atomic mass is 79.9. The van der Waals surface area contributed by atoms with E-state index in [0.29, 0.717) is 15.7 Å². The van der Waals surface area contributed by atoms with Crippen LogP contribution in [0.5, 0.6) is 5.75 Å². The monoisotopic (exact) mass is 414 g/mol. The van der Waals surface area contributed by atoms with Crippen molar-refractivity contribution in [2.45, 2.75) is 13.8 Å². The van der Waals surface area contributed by atoms with Gasteiger partial charge in [0, 0.05) is 0 Å². The number of amides is 4. The second kappa shape index (κ2) is 6.76. The molecule has 0 spiro atoms. The number of rotatable bonds is 2. The molecule has 0 aliphatic carbocycles. The van der Waals surface area contributed by atoms with Crippen molar-refractivity contribution < 1.29 is 19.5 Å². The van der Waals surface area contributed by atoms with Crippen molar-refractivity contribution in [2.75, 3.05) is 4.90 Å². The summed E-state index contributed by atoms with van der Waals surface area (Å²) in [7, 11) is 0. The van der Waals surface area contributed by atoms with Gasteiger partial charge in [0.15, 0.2) is 0 Å². The van der Waals surface area contributed by atoms with Gasteiger partial charge in [0.25, 0.3) is 11.8 Å². The molecule has 0 unspecified atom stereocenters. The van der Waals surface area contributed by atoms with Crippen LogP contribution >= 0.6 is 15.9 Å². The molecule has 26 heavy (non-hydrogen) atoms. The van der Waals surface area contributed by atoms with Gasteiger partial charge in [-0.25, -0.2) is 9.69 Å². The Morgan fingerprint density at radius 1 is 1.08 bits per heavy atom. The number of hydrogen-bond donors (Lipinski definition) is 2. The molecule has 7 heteroatoms. The quantitative estimate of drug-likeness (QED) is 0.581. The minimum Gasteiger partial charge on any atom is -0.507 e. The molecule has 0 atom stereocenters. The van der Waals surface area contributed by atoms with Crippen LogP contribution in [0.15, 0.2) is 46.4 Å². The maximum atomic E-state index is 12.9. The molecule has 2 aromatic rings. The first kappa shape index (κ1) is 17.9. The number of imide groups is 2. The predicted octanol–water partition coefficient (Wildman–Crippen LogP) is 3.44. The Labute approximate surface area is 158 Å². The number of halogens is 1. The number of carbonyl (C=O) groups is 3. The first-order valence-electron chi connectivity index (χ1n) is 7.75. The number of barbiturate groups is 1. The summed E-state index contributed by atoms with van der Waals surface area (Å²) in [6, 6.07) is 9.20. The summed E-state index contributed by atoms with van der Waals surface area (Å²) < 4.78 is 0.429. The number of carbonyl (C=O) groups excluding carboxylic acids is 3. The highest BCUT2D eigenvalue weighted by Crippen LogP contribution is 2.28. The van der Waals surface area contributed by atoms with E-state index < -0.39 is 17.8 Å². The largest absolute Gasteiger partial charge is 0.507 e. The van der Waals surface area contributed by atoms with E-state index in [0.717, 1.165) is 16.0 Å². The van der Waals surface area contributed by atoms with E-state index in [-0.39, 0.29) is 11.3 Å². The Kier molecular flexibility index (Phi) is 4.65. The van der Waals surface area contributed by atoms with E-state index in [1.807, 2.05) is 19.1 Å². The van der Waals surface area contributed by atoms with Crippen LogP contribution in [0.4, 0.5) is 10.5 Å². The van der Waals surface area contributed by atoms with Crippen LogP contribution in [0.25, 0.3) is 6.08 Å². The molecule has 3 rings (SSSR count). The fourth-order valence-electron chi connectivity index (χ4n) is 2.62. The number of nitrogens with zero attached hydrogens (tertiary/aromatic N) is 1. The molecule has 132 valence electrons. The van der Waals surface area contributed by atoms with Crippen LogP contribution in [0.3, 0.4) is 0 Å². The normalized spacial score (nSPS) is 16.2. The number of nitrogens with one attached hydrogen (secondary N) is 1. The third-order valence-electron chi connectivity index (χ3n) is 3.99. The summed E-state index contributed by atoms with van der Waals surface area (Å²) in [6.07, 6.45) is 1.38. The van der Waals surface area contributed by atoms with E-state index in [4.69, 9.17) is 0 Å². The first-order valence-corrected chi connectivity index (χ1v) is 8.54. The van der Waals surface area contributed by atoms with Crippen LogP contribution in [-0.2, 0) is 9.59 Å². The molecule has 1 aliphatic rings. The van der Waals surface area contributed by atoms with Crippen LogP contribution in [0, 0.1) is 13.8 Å². The predicted molar refractivity (Wildman–Crippen MR) is 101 cm³/mol. The molecule has 0 saturated carbocycles. The van der Waals surface area contributed by atoms with Gasteiger partial charge in [-0.15, -0.1) is 0 Å². The zero-order valence-electron chi connectivity index (χ0n) is 14.0. The Hall–Kier alpha value is -2.93. The standard InChI is InChI=1S/C19H15BrN2O4/c1-10-3-4-11(2)15(7-10)22-18(25)13(17(24)21-19(22)26)8-12-5-6-16(23)14(20)9-12/h3-9,23H,1-2H3,(H,21,24,26)/b13-8+. The Bertz CT molecular complexity index is 981. The number of aromatic hydroxyl groups is 1. The second-order valence-electron chi connectivity index (χ2n) is 5.96. The summed E-state index contributed by atoms with van der Waals surface area (Å²) in [5, 5.41) is 11.8. The molecule has 1 fully saturated rings. The fourth-order valence-corrected chi connectivity index (χ4v) is 3.01. The smallest absolute Gasteiger partial charge is 0.335 e. The van der Waals surface area contributed by atoms with Gasteiger partial charge in [-0.3, -0.25) is 14.9 Å². The number of urea groups is 1. The van der Waals surface area contributed by atoms with E-state index in [1.54, 1.807) is 25.1 Å². The summed E-state index contributed by atoms with van der Waals surface area (Å²) in [5.74, 6) is -1.42. The Morgan fingerprint density at radius 3 is 2.50 bits per heavy atom. The van der Waals surface area contributed by atoms with Crippen molar-refractivity contribution in [2.24, 2.45) is 0 Å². The molecule has 0 aromatic heterocycles. The van der Waals surface area contributed by atoms with Gasteiger partial charge in [-0.1, -0.05) is 18.2 Å². The van der Waals surface area contributed by atoms with Crippen molar-refractivity contribution >= 4 is 45.5 Å². The van der Waals surface area contributed by atoms with Crippen molar-refractivity contribution in [1.82, 2.24) is 5.32 Å². The summed E-state index contributed by atoms with van der Waals surface area (Å²) >= 11 is 3.19. The van der Waals surface area contributed by atoms with Gasteiger partial charge in [0.2, 0.25) is 0 Å². The maximum Gasteiger partial charge on any atom is 0.335 e. The molecule has 1 aliphatic heterocycles. The molecular formula is C19H15BrN2O4. The number of phenolic OH excluding ortho intramolecular Hbond substituents is 1. The van der Waals surface area contributed by atoms with Gasteiger partial charge in [0.05, 0.1) is 10.2 Å². The molecule has 2 N–H and O–H groups in total. The Balaban J connectivity index is 2.07. The van der Waals surface area contributed by atoms with Crippen LogP contribution in [0.1, 0.15) is 16.7 Å². The molecule has 4 amide bonds. The number of hydrogen-bond acceptors (Lipinski definition) is 4. The minimum absolute atomic E-state index is 0.0405. The van der Waals surface area contributed by atoms with Gasteiger partial charge in [-0.05, 0) is 70.7 Å². The highest BCUT2D eigenvalue weighted by Gasteiger charge is 2.37. The van der Waals surface area contributed by atoms with Gasteiger partial charge < -0.3 is 5.11 Å². The van der Waals surface area contributed by atoms with Crippen molar-refractivity contribution in [3.8, 4) is 5.75 Å². The minimum atomic E-state index is -0.780. The third kappa shape index (κ3) is 3.25. The lowest BCUT2D eigenvalue weighted by molar-refractivity contribution is -0.122. The lowest BCUT2D eigenvalue weighted by Gasteiger charge is -2.27. The molecule has 0 bridgehead atoms. The molecule has 0 radical (unpaired) electrons. The average Bonchev–Trinajstić information content (AvgIpc) is 2.57. The van der Waals surface area contributed by atoms with Crippen LogP contribution in [-0.4, -0.2) is 23.0 Å². The molecular weight excluding hydrogens is 400 g/mol. The van der Waals surface area contributed by atoms with Crippen molar-refractivity contribution in [3.63, 3.8) is 0 Å². The molecule has 6 nitrogen and oxygen atoms in total. The number of aryl methyl sites for hydroxylation is 2. The van der Waals surface area contributed by atoms with Crippen molar-refractivity contribution in [3.05, 3.63) is 63.1 Å². The van der Waals surface area contributed by atoms with E-state index in [1.165, 1.54) is 12.1 Å². The van der Waals surface area contributed by atoms with Gasteiger partial charge in [0.1, 0.15) is 11.3 Å². The number of benzene rings is 2. The lowest BCUT2D eigenvalue weighted by Crippen LogP contribution is -2.54. The first-order chi connectivity index (χ1) is 12.3. The van der Waals surface area contributed by atoms with Gasteiger partial charge >= 0.3 is 6.03 Å². The van der Waals surface area contributed by atoms with Crippen molar-refractivity contribution in [1.29, 1.82) is 0 Å². The third-order valence-corrected chi connectivity index (χ3v) is 4.63. The second-order valence-corrected chi connectivity index (χ2v) is 6.81. The topological polar surface area (TPSA) is 86.7 Å². The van der Waals surface area contributed by atoms with E-state index in [2.05, 4.69) is 21.2 Å². The zero-order chi connectivity index (χ0) is 19.0. The SMILES string of the molecule is Cc1ccc(C)c(N2C(=O)NC(=O)/C(=C\c3ccc(O)c(Br)c3)C2=O)c1. The fraction of sp³-hybridized carbons (Fsp3) is 0.105. The molecule has 1 saturated heterocycles. The van der Waals surface area contributed by atoms with Gasteiger partial charge in [-0.2, -0.15) is 0 Å². The lowest BCUT2D eigenvalue weighted by atomic mass is 10.0. The zero-order valence-corrected chi connectivity index (χ0v) is 15.6. The van der Waals surface area contributed by atoms with E-state index >= 15 is 0 Å². The molecule has 1 heterocycles. The summed E-state index contributed by atoms with van der Waals surface area (Å²) in [4.78, 5) is 38.3. The van der Waals surface area contributed by atoms with E-state index in [9.17, 15) is 19.5 Å². The summed E-state index contributed by atoms with van der Waals surface area (Å²) in [5.41, 5.74) is 2.42. The van der Waals surface area contributed by atoms with Crippen LogP contribution in [0.2, 0.25) is 0 Å². The summed E-state index contributed by atoms with van der Waals surface area (Å²) in [6.45, 7) is 3.64. The van der Waals surface area contributed by atoms with Crippen LogP contribution < -0.4 is 10.2 Å². The molecule has 2 aromatic carbocycles. The highest BCUT2D eigenvalue weighted by molar-refractivity contribution is 9.10. The average molecular weight is 415 g/mol. The number of phenols is 1.